The van der Waals surface area contributed by atoms with Gasteiger partial charge in [0.1, 0.15) is 0 Å². The summed E-state index contributed by atoms with van der Waals surface area (Å²) in [6, 6.07) is 25.8. The number of aliphatic hydroxyl groups is 2. The first-order chi connectivity index (χ1) is 20.8. The van der Waals surface area contributed by atoms with E-state index in [2.05, 4.69) is 0 Å². The Hall–Kier alpha value is -1.71. The van der Waals surface area contributed by atoms with Crippen molar-refractivity contribution < 1.29 is 29.2 Å². The van der Waals surface area contributed by atoms with E-state index in [9.17, 15) is 15.0 Å². The number of rotatable bonds is 15. The van der Waals surface area contributed by atoms with Crippen molar-refractivity contribution in [2.45, 2.75) is 12.2 Å². The van der Waals surface area contributed by atoms with Crippen LogP contribution in [0.4, 0.5) is 0 Å². The molecule has 0 aliphatic heterocycles. The predicted molar refractivity (Wildman–Crippen MR) is 177 cm³/mol. The largest absolute Gasteiger partial charge is 0.388 e. The highest BCUT2D eigenvalue weighted by atomic mass is 35.5. The molecule has 0 saturated carbocycles. The van der Waals surface area contributed by atoms with E-state index in [1.165, 1.54) is 0 Å². The summed E-state index contributed by atoms with van der Waals surface area (Å²) in [4.78, 5) is 11.8. The maximum absolute atomic E-state index is 11.8. The number of halogens is 4. The van der Waals surface area contributed by atoms with Gasteiger partial charge in [0.15, 0.2) is 5.78 Å². The molecule has 0 saturated heterocycles. The lowest BCUT2D eigenvalue weighted by molar-refractivity contribution is 0.0582. The first-order valence-corrected chi connectivity index (χ1v) is 15.7. The van der Waals surface area contributed by atoms with Crippen molar-refractivity contribution in [1.82, 2.24) is 0 Å². The number of Topliss-reactive ketones (excluding diaryl/α,β-unsaturated/α-hetero) is 1. The second-order valence-electron chi connectivity index (χ2n) is 9.60. The minimum atomic E-state index is -0.684. The maximum atomic E-state index is 11.8. The zero-order valence-electron chi connectivity index (χ0n) is 24.8. The summed E-state index contributed by atoms with van der Waals surface area (Å²) >= 11 is 23.2. The lowest BCUT2D eigenvalue weighted by Crippen LogP contribution is -2.21. The quantitative estimate of drug-likeness (QED) is 0.128. The molecule has 5 unspecified atom stereocenters. The van der Waals surface area contributed by atoms with Gasteiger partial charge in [-0.1, -0.05) is 90.5 Å². The van der Waals surface area contributed by atoms with E-state index < -0.39 is 12.2 Å². The Labute approximate surface area is 275 Å². The molecule has 3 rings (SSSR count). The molecule has 3 aromatic carbocycles. The van der Waals surface area contributed by atoms with Crippen LogP contribution in [0.15, 0.2) is 84.9 Å². The van der Waals surface area contributed by atoms with Gasteiger partial charge in [0.25, 0.3) is 0 Å². The van der Waals surface area contributed by atoms with Gasteiger partial charge in [0.2, 0.25) is 0 Å². The molecule has 6 nitrogen and oxygen atoms in total. The molecule has 0 radical (unpaired) electrons. The van der Waals surface area contributed by atoms with Crippen LogP contribution in [-0.2, 0) is 14.2 Å². The Morgan fingerprint density at radius 3 is 1.58 bits per heavy atom. The van der Waals surface area contributed by atoms with Crippen LogP contribution >= 0.6 is 46.4 Å². The summed E-state index contributed by atoms with van der Waals surface area (Å²) in [5.74, 6) is 0.623. The van der Waals surface area contributed by atoms with Gasteiger partial charge in [-0.2, -0.15) is 0 Å². The van der Waals surface area contributed by atoms with Crippen LogP contribution in [0.1, 0.15) is 33.7 Å². The smallest absolute Gasteiger partial charge is 0.169 e. The van der Waals surface area contributed by atoms with E-state index in [1.54, 1.807) is 45.6 Å². The van der Waals surface area contributed by atoms with Gasteiger partial charge in [-0.3, -0.25) is 4.79 Å². The first-order valence-electron chi connectivity index (χ1n) is 13.7. The molecule has 0 fully saturated rings. The number of benzene rings is 3. The van der Waals surface area contributed by atoms with E-state index in [0.29, 0.717) is 53.6 Å². The van der Waals surface area contributed by atoms with Gasteiger partial charge in [-0.15, -0.1) is 34.8 Å². The fourth-order valence-electron chi connectivity index (χ4n) is 3.99. The van der Waals surface area contributed by atoms with Gasteiger partial charge < -0.3 is 24.4 Å². The average molecular weight is 677 g/mol. The third-order valence-corrected chi connectivity index (χ3v) is 7.91. The number of methoxy groups -OCH3 is 3. The normalized spacial score (nSPS) is 14.2. The second kappa shape index (κ2) is 23.6. The van der Waals surface area contributed by atoms with Crippen LogP contribution in [0.3, 0.4) is 0 Å². The predicted octanol–water partition coefficient (Wildman–Crippen LogP) is 7.47. The summed E-state index contributed by atoms with van der Waals surface area (Å²) in [5, 5.41) is 20.5. The number of carbonyl (C=O) groups excluding carboxylic acids is 1. The number of carbonyl (C=O) groups is 1. The van der Waals surface area contributed by atoms with E-state index >= 15 is 0 Å². The van der Waals surface area contributed by atoms with Crippen molar-refractivity contribution in [3.63, 3.8) is 0 Å². The van der Waals surface area contributed by atoms with Crippen molar-refractivity contribution in [3.05, 3.63) is 107 Å². The van der Waals surface area contributed by atoms with Gasteiger partial charge in [0, 0.05) is 61.4 Å². The van der Waals surface area contributed by atoms with E-state index in [-0.39, 0.29) is 23.5 Å². The van der Waals surface area contributed by atoms with Crippen LogP contribution in [0, 0.1) is 17.8 Å². The molecule has 43 heavy (non-hydrogen) atoms. The van der Waals surface area contributed by atoms with Crippen molar-refractivity contribution in [2.24, 2.45) is 17.8 Å². The highest BCUT2D eigenvalue weighted by Gasteiger charge is 2.22. The SMILES string of the molecule is COCC(CCl)C(=O)c1ccccc1.COCC(CCl)C(O)c1ccccc1.COCC(CCl)C(O)c1ccccc1Cl. The molecular formula is C33H42Cl4O6. The molecule has 10 heteroatoms. The standard InChI is InChI=1S/C11H14Cl2O2.C11H15ClO2.C11H13ClO2/c1-15-7-8(6-12)11(14)9-4-2-3-5-10(9)13;2*1-14-8-10(7-12)11(13)9-5-3-2-4-6-9/h2-5,8,11,14H,6-7H2,1H3;2-6,10-11,13H,7-8H2,1H3;2-6,10H,7-8H2,1H3. The summed E-state index contributed by atoms with van der Waals surface area (Å²) in [5.41, 5.74) is 2.27. The molecule has 5 atom stereocenters. The van der Waals surface area contributed by atoms with Crippen molar-refractivity contribution in [3.8, 4) is 0 Å². The molecule has 238 valence electrons. The van der Waals surface area contributed by atoms with E-state index in [1.807, 2.05) is 60.7 Å². The molecule has 0 aliphatic rings. The first kappa shape index (κ1) is 39.3. The third-order valence-electron chi connectivity index (χ3n) is 6.40. The number of hydrogen-bond donors (Lipinski definition) is 2. The molecule has 0 bridgehead atoms. The zero-order chi connectivity index (χ0) is 32.0. The fraction of sp³-hybridized carbons (Fsp3) is 0.424. The van der Waals surface area contributed by atoms with Crippen molar-refractivity contribution in [2.75, 3.05) is 58.8 Å². The summed E-state index contributed by atoms with van der Waals surface area (Å²) in [7, 11) is 4.76. The number of aliphatic hydroxyl groups excluding tert-OH is 2. The number of ether oxygens (including phenoxy) is 3. The molecule has 0 heterocycles. The number of ketones is 1. The van der Waals surface area contributed by atoms with Gasteiger partial charge in [-0.25, -0.2) is 0 Å². The topological polar surface area (TPSA) is 85.2 Å². The molecule has 0 aliphatic carbocycles. The lowest BCUT2D eigenvalue weighted by atomic mass is 9.98. The second-order valence-corrected chi connectivity index (χ2v) is 10.9. The van der Waals surface area contributed by atoms with Gasteiger partial charge >= 0.3 is 0 Å². The maximum Gasteiger partial charge on any atom is 0.169 e. The Bertz CT molecular complexity index is 1120. The molecule has 0 aromatic heterocycles. The molecule has 0 amide bonds. The highest BCUT2D eigenvalue weighted by molar-refractivity contribution is 6.31. The highest BCUT2D eigenvalue weighted by Crippen LogP contribution is 2.29. The van der Waals surface area contributed by atoms with Crippen LogP contribution in [0.2, 0.25) is 5.02 Å². The summed E-state index contributed by atoms with van der Waals surface area (Å²) in [6.07, 6.45) is -1.23. The van der Waals surface area contributed by atoms with Crippen LogP contribution in [0.25, 0.3) is 0 Å². The van der Waals surface area contributed by atoms with E-state index in [4.69, 9.17) is 60.6 Å². The fourth-order valence-corrected chi connectivity index (χ4v) is 4.98. The summed E-state index contributed by atoms with van der Waals surface area (Å²) < 4.78 is 14.9. The van der Waals surface area contributed by atoms with Crippen molar-refractivity contribution in [1.29, 1.82) is 0 Å². The van der Waals surface area contributed by atoms with E-state index in [0.717, 1.165) is 5.56 Å². The third kappa shape index (κ3) is 14.3. The average Bonchev–Trinajstić information content (AvgIpc) is 3.05. The van der Waals surface area contributed by atoms with Crippen LogP contribution in [-0.4, -0.2) is 74.8 Å². The Balaban J connectivity index is 0.000000323. The lowest BCUT2D eigenvalue weighted by Gasteiger charge is -2.21. The molecule has 3 aromatic rings. The Morgan fingerprint density at radius 2 is 1.12 bits per heavy atom. The zero-order valence-corrected chi connectivity index (χ0v) is 27.8. The van der Waals surface area contributed by atoms with Gasteiger partial charge in [0.05, 0.1) is 37.9 Å². The van der Waals surface area contributed by atoms with Crippen LogP contribution in [0.5, 0.6) is 0 Å². The minimum absolute atomic E-state index is 0.0439. The van der Waals surface area contributed by atoms with Gasteiger partial charge in [-0.05, 0) is 17.2 Å². The van der Waals surface area contributed by atoms with Crippen molar-refractivity contribution >= 4 is 52.2 Å². The molecule has 2 N–H and O–H groups in total. The minimum Gasteiger partial charge on any atom is -0.388 e. The monoisotopic (exact) mass is 674 g/mol. The molecular weight excluding hydrogens is 634 g/mol. The molecule has 0 spiro atoms. The Morgan fingerprint density at radius 1 is 0.651 bits per heavy atom. The summed E-state index contributed by atoms with van der Waals surface area (Å²) in [6.45, 7) is 1.26. The Kier molecular flexibility index (Phi) is 21.6. The van der Waals surface area contributed by atoms with Crippen LogP contribution < -0.4 is 0 Å². The number of hydrogen-bond acceptors (Lipinski definition) is 6. The number of alkyl halides is 3.